The second-order valence-corrected chi connectivity index (χ2v) is 10.7. The first-order chi connectivity index (χ1) is 12.3. The Bertz CT molecular complexity index is 546. The summed E-state index contributed by atoms with van der Waals surface area (Å²) in [5.41, 5.74) is 0.716. The number of hydrogen-bond donors (Lipinski definition) is 1. The molecule has 4 fully saturated rings. The molecular weight excluding hydrogens is 322 g/mol. The van der Waals surface area contributed by atoms with Crippen molar-refractivity contribution in [2.45, 2.75) is 97.6 Å². The minimum Gasteiger partial charge on any atom is -0.378 e. The zero-order chi connectivity index (χ0) is 18.5. The Morgan fingerprint density at radius 1 is 1.04 bits per heavy atom. The van der Waals surface area contributed by atoms with Crippen LogP contribution in [0.15, 0.2) is 0 Å². The Labute approximate surface area is 160 Å². The van der Waals surface area contributed by atoms with Crippen LogP contribution in [0.5, 0.6) is 0 Å². The fourth-order valence-corrected chi connectivity index (χ4v) is 7.37. The quantitative estimate of drug-likeness (QED) is 0.770. The summed E-state index contributed by atoms with van der Waals surface area (Å²) >= 11 is 0. The van der Waals surface area contributed by atoms with E-state index in [2.05, 4.69) is 33.0 Å². The summed E-state index contributed by atoms with van der Waals surface area (Å²) in [6.45, 7) is 10.5. The van der Waals surface area contributed by atoms with Gasteiger partial charge >= 0.3 is 0 Å². The number of piperidine rings is 1. The van der Waals surface area contributed by atoms with Crippen LogP contribution in [0.3, 0.4) is 0 Å². The van der Waals surface area contributed by atoms with Crippen LogP contribution in [0.2, 0.25) is 0 Å². The van der Waals surface area contributed by atoms with Crippen molar-refractivity contribution < 1.29 is 9.53 Å². The van der Waals surface area contributed by atoms with Crippen LogP contribution in [0.25, 0.3) is 0 Å². The number of rotatable bonds is 4. The molecule has 148 valence electrons. The molecule has 4 rings (SSSR count). The molecule has 1 heterocycles. The molecule has 3 heteroatoms. The smallest absolute Gasteiger partial charge is 0.220 e. The van der Waals surface area contributed by atoms with E-state index in [0.717, 1.165) is 43.1 Å². The summed E-state index contributed by atoms with van der Waals surface area (Å²) in [6.07, 6.45) is 11.3. The molecule has 1 N–H and O–H groups in total. The summed E-state index contributed by atoms with van der Waals surface area (Å²) in [5, 5.41) is 3.34. The Morgan fingerprint density at radius 2 is 1.81 bits per heavy atom. The van der Waals surface area contributed by atoms with Gasteiger partial charge in [-0.25, -0.2) is 0 Å². The molecule has 1 amide bonds. The third kappa shape index (κ3) is 2.93. The first-order valence-electron chi connectivity index (χ1n) is 11.3. The van der Waals surface area contributed by atoms with Crippen LogP contribution in [0.1, 0.15) is 85.5 Å². The molecule has 0 spiro atoms. The van der Waals surface area contributed by atoms with Crippen molar-refractivity contribution in [2.24, 2.45) is 34.5 Å². The van der Waals surface area contributed by atoms with Crippen molar-refractivity contribution in [3.05, 3.63) is 0 Å². The van der Waals surface area contributed by atoms with Gasteiger partial charge < -0.3 is 10.1 Å². The van der Waals surface area contributed by atoms with Crippen LogP contribution in [0, 0.1) is 34.5 Å². The summed E-state index contributed by atoms with van der Waals surface area (Å²) in [5.74, 6) is 3.50. The fraction of sp³-hybridized carbons (Fsp3) is 0.957. The van der Waals surface area contributed by atoms with Gasteiger partial charge in [0.2, 0.25) is 5.91 Å². The van der Waals surface area contributed by atoms with E-state index in [1.807, 2.05) is 0 Å². The first-order valence-corrected chi connectivity index (χ1v) is 11.3. The molecule has 3 aliphatic carbocycles. The molecule has 0 aromatic carbocycles. The Kier molecular flexibility index (Phi) is 4.91. The molecule has 3 saturated carbocycles. The number of nitrogens with one attached hydrogen (secondary N) is 1. The molecular formula is C23H39NO2. The van der Waals surface area contributed by atoms with E-state index in [1.54, 1.807) is 0 Å². The average molecular weight is 362 g/mol. The second-order valence-electron chi connectivity index (χ2n) is 10.7. The van der Waals surface area contributed by atoms with Gasteiger partial charge in [-0.05, 0) is 85.9 Å². The molecule has 1 aliphatic heterocycles. The van der Waals surface area contributed by atoms with E-state index in [9.17, 15) is 4.79 Å². The van der Waals surface area contributed by atoms with Gasteiger partial charge in [-0.15, -0.1) is 0 Å². The molecule has 0 aromatic rings. The third-order valence-electron chi connectivity index (χ3n) is 9.02. The predicted octanol–water partition coefficient (Wildman–Crippen LogP) is 4.94. The minimum absolute atomic E-state index is 0.283. The van der Waals surface area contributed by atoms with Crippen LogP contribution in [0.4, 0.5) is 0 Å². The lowest BCUT2D eigenvalue weighted by Crippen LogP contribution is -2.61. The number of fused-ring (bicyclic) bond motifs is 5. The monoisotopic (exact) mass is 361 g/mol. The van der Waals surface area contributed by atoms with Gasteiger partial charge in [-0.3, -0.25) is 4.79 Å². The van der Waals surface area contributed by atoms with Crippen LogP contribution < -0.4 is 5.32 Å². The standard InChI is InChI=1S/C23H39NO2/c1-15(2)11-14-26-20-8-6-17-16-5-7-19-22(3,13-10-21(25)24-19)18(16)9-12-23(17,20)4/h15-20H,5-14H2,1-4H3,(H,24,25)/t16-,17-,18-,19+,20-,22+,23-/m0/s1. The molecule has 0 aromatic heterocycles. The number of carbonyl (C=O) groups is 1. The summed E-state index contributed by atoms with van der Waals surface area (Å²) in [6, 6.07) is 0.425. The van der Waals surface area contributed by atoms with Gasteiger partial charge in [0.1, 0.15) is 0 Å². The first kappa shape index (κ1) is 18.8. The Hall–Kier alpha value is -0.570. The topological polar surface area (TPSA) is 38.3 Å². The Balaban J connectivity index is 1.48. The maximum atomic E-state index is 11.9. The highest BCUT2D eigenvalue weighted by molar-refractivity contribution is 5.77. The maximum absolute atomic E-state index is 11.9. The van der Waals surface area contributed by atoms with Gasteiger partial charge in [0.15, 0.2) is 0 Å². The van der Waals surface area contributed by atoms with Gasteiger partial charge in [0.05, 0.1) is 6.10 Å². The van der Waals surface area contributed by atoms with Crippen molar-refractivity contribution in [1.82, 2.24) is 5.32 Å². The van der Waals surface area contributed by atoms with E-state index in [4.69, 9.17) is 4.74 Å². The van der Waals surface area contributed by atoms with E-state index < -0.39 is 0 Å². The number of ether oxygens (including phenoxy) is 1. The van der Waals surface area contributed by atoms with Crippen molar-refractivity contribution in [2.75, 3.05) is 6.61 Å². The largest absolute Gasteiger partial charge is 0.378 e. The van der Waals surface area contributed by atoms with E-state index >= 15 is 0 Å². The molecule has 1 saturated heterocycles. The number of carbonyl (C=O) groups excluding carboxylic acids is 1. The summed E-state index contributed by atoms with van der Waals surface area (Å²) < 4.78 is 6.45. The van der Waals surface area contributed by atoms with Gasteiger partial charge in [0.25, 0.3) is 0 Å². The lowest BCUT2D eigenvalue weighted by atomic mass is 9.47. The number of amides is 1. The fourth-order valence-electron chi connectivity index (χ4n) is 7.37. The molecule has 4 aliphatic rings. The maximum Gasteiger partial charge on any atom is 0.220 e. The zero-order valence-corrected chi connectivity index (χ0v) is 17.4. The molecule has 26 heavy (non-hydrogen) atoms. The normalized spacial score (nSPS) is 47.9. The van der Waals surface area contributed by atoms with Crippen LogP contribution in [-0.4, -0.2) is 24.7 Å². The van der Waals surface area contributed by atoms with Crippen molar-refractivity contribution in [1.29, 1.82) is 0 Å². The molecule has 0 unspecified atom stereocenters. The lowest BCUT2D eigenvalue weighted by Gasteiger charge is -2.60. The molecule has 3 nitrogen and oxygen atoms in total. The zero-order valence-electron chi connectivity index (χ0n) is 17.4. The average Bonchev–Trinajstić information content (AvgIpc) is 2.92. The van der Waals surface area contributed by atoms with Crippen molar-refractivity contribution in [3.8, 4) is 0 Å². The van der Waals surface area contributed by atoms with Gasteiger partial charge in [0, 0.05) is 19.1 Å². The van der Waals surface area contributed by atoms with Crippen LogP contribution in [-0.2, 0) is 9.53 Å². The molecule has 7 atom stereocenters. The highest BCUT2D eigenvalue weighted by Gasteiger charge is 2.60. The van der Waals surface area contributed by atoms with Gasteiger partial charge in [-0.1, -0.05) is 27.7 Å². The van der Waals surface area contributed by atoms with E-state index in [0.29, 0.717) is 23.0 Å². The highest BCUT2D eigenvalue weighted by atomic mass is 16.5. The van der Waals surface area contributed by atoms with E-state index in [-0.39, 0.29) is 5.91 Å². The van der Waals surface area contributed by atoms with E-state index in [1.165, 1.54) is 44.9 Å². The van der Waals surface area contributed by atoms with Crippen LogP contribution >= 0.6 is 0 Å². The SMILES string of the molecule is CC(C)CCO[C@H]1CC[C@H]2[C@@H]3CC[C@H]4NC(=O)CC[C@]4(C)[C@H]3CC[C@]12C. The summed E-state index contributed by atoms with van der Waals surface area (Å²) in [4.78, 5) is 11.9. The Morgan fingerprint density at radius 3 is 2.58 bits per heavy atom. The number of hydrogen-bond acceptors (Lipinski definition) is 2. The second kappa shape index (κ2) is 6.79. The molecule has 0 radical (unpaired) electrons. The van der Waals surface area contributed by atoms with Gasteiger partial charge in [-0.2, -0.15) is 0 Å². The molecule has 0 bridgehead atoms. The van der Waals surface area contributed by atoms with Crippen molar-refractivity contribution >= 4 is 5.91 Å². The third-order valence-corrected chi connectivity index (χ3v) is 9.02. The lowest BCUT2D eigenvalue weighted by molar-refractivity contribution is -0.141. The predicted molar refractivity (Wildman–Crippen MR) is 105 cm³/mol. The van der Waals surface area contributed by atoms with Crippen molar-refractivity contribution in [3.63, 3.8) is 0 Å². The minimum atomic E-state index is 0.283. The summed E-state index contributed by atoms with van der Waals surface area (Å²) in [7, 11) is 0. The highest BCUT2D eigenvalue weighted by Crippen LogP contribution is 2.64.